The van der Waals surface area contributed by atoms with E-state index in [4.69, 9.17) is 14.2 Å². The number of hydrogen-bond donors (Lipinski definition) is 3. The molecule has 0 saturated carbocycles. The van der Waals surface area contributed by atoms with Gasteiger partial charge in [0.1, 0.15) is 12.6 Å². The third kappa shape index (κ3) is 5.21. The quantitative estimate of drug-likeness (QED) is 0.543. The van der Waals surface area contributed by atoms with Crippen LogP contribution in [0.5, 0.6) is 0 Å². The van der Waals surface area contributed by atoms with Gasteiger partial charge >= 0.3 is 12.1 Å². The van der Waals surface area contributed by atoms with Gasteiger partial charge in [-0.3, -0.25) is 9.59 Å². The predicted molar refractivity (Wildman–Crippen MR) is 122 cm³/mol. The SMILES string of the molecule is CO[C@@H]1CCOC[C@H]1NC(=O)C(CC(=O)O)NC(=O)OCC1c2ccccc2-c2ccccc21. The van der Waals surface area contributed by atoms with E-state index in [2.05, 4.69) is 10.6 Å². The molecule has 0 radical (unpaired) electrons. The lowest BCUT2D eigenvalue weighted by Crippen LogP contribution is -2.56. The van der Waals surface area contributed by atoms with Crippen LogP contribution in [0.15, 0.2) is 48.5 Å². The topological polar surface area (TPSA) is 123 Å². The van der Waals surface area contributed by atoms with E-state index in [1.54, 1.807) is 7.11 Å². The van der Waals surface area contributed by atoms with Gasteiger partial charge in [0.05, 0.1) is 25.2 Å². The van der Waals surface area contributed by atoms with Crippen LogP contribution in [0.4, 0.5) is 4.79 Å². The number of alkyl carbamates (subject to hydrolysis) is 1. The number of carboxylic acids is 1. The Labute approximate surface area is 197 Å². The first-order chi connectivity index (χ1) is 16.5. The van der Waals surface area contributed by atoms with Gasteiger partial charge in [-0.1, -0.05) is 48.5 Å². The van der Waals surface area contributed by atoms with Crippen molar-refractivity contribution < 1.29 is 33.7 Å². The zero-order valence-corrected chi connectivity index (χ0v) is 18.9. The molecule has 9 nitrogen and oxygen atoms in total. The maximum absolute atomic E-state index is 12.8. The molecule has 3 N–H and O–H groups in total. The second-order valence-corrected chi connectivity index (χ2v) is 8.37. The summed E-state index contributed by atoms with van der Waals surface area (Å²) in [6.45, 7) is 0.819. The van der Waals surface area contributed by atoms with Gasteiger partial charge in [-0.25, -0.2) is 4.79 Å². The van der Waals surface area contributed by atoms with Gasteiger partial charge < -0.3 is 30.0 Å². The second kappa shape index (κ2) is 10.7. The lowest BCUT2D eigenvalue weighted by molar-refractivity contribution is -0.140. The van der Waals surface area contributed by atoms with Crippen molar-refractivity contribution in [3.63, 3.8) is 0 Å². The van der Waals surface area contributed by atoms with Crippen LogP contribution in [0.1, 0.15) is 29.9 Å². The lowest BCUT2D eigenvalue weighted by Gasteiger charge is -2.32. The Morgan fingerprint density at radius 3 is 2.35 bits per heavy atom. The van der Waals surface area contributed by atoms with Crippen LogP contribution in [0.25, 0.3) is 11.1 Å². The van der Waals surface area contributed by atoms with E-state index < -0.39 is 36.5 Å². The van der Waals surface area contributed by atoms with Crippen molar-refractivity contribution in [3.8, 4) is 11.1 Å². The Balaban J connectivity index is 1.40. The van der Waals surface area contributed by atoms with Crippen LogP contribution < -0.4 is 10.6 Å². The molecule has 0 bridgehead atoms. The summed E-state index contributed by atoms with van der Waals surface area (Å²) in [5.41, 5.74) is 4.30. The number of fused-ring (bicyclic) bond motifs is 3. The van der Waals surface area contributed by atoms with Crippen LogP contribution in [-0.4, -0.2) is 68.2 Å². The Bertz CT molecular complexity index is 1010. The molecule has 3 atom stereocenters. The molecule has 1 heterocycles. The van der Waals surface area contributed by atoms with Crippen molar-refractivity contribution in [3.05, 3.63) is 59.7 Å². The minimum absolute atomic E-state index is 0.0590. The number of ether oxygens (including phenoxy) is 3. The molecule has 1 aliphatic heterocycles. The van der Waals surface area contributed by atoms with Gasteiger partial charge in [-0.15, -0.1) is 0 Å². The fourth-order valence-corrected chi connectivity index (χ4v) is 4.58. The first kappa shape index (κ1) is 23.7. The number of rotatable bonds is 8. The number of carbonyl (C=O) groups is 3. The molecule has 2 aliphatic rings. The number of benzene rings is 2. The molecule has 1 unspecified atom stereocenters. The Morgan fingerprint density at radius 2 is 1.74 bits per heavy atom. The average molecular weight is 469 g/mol. The zero-order chi connectivity index (χ0) is 24.1. The average Bonchev–Trinajstić information content (AvgIpc) is 3.16. The van der Waals surface area contributed by atoms with Crippen molar-refractivity contribution in [2.75, 3.05) is 26.9 Å². The summed E-state index contributed by atoms with van der Waals surface area (Å²) in [6.07, 6.45) is -1.09. The van der Waals surface area contributed by atoms with Crippen LogP contribution in [-0.2, 0) is 23.8 Å². The largest absolute Gasteiger partial charge is 0.481 e. The number of hydrogen-bond acceptors (Lipinski definition) is 6. The van der Waals surface area contributed by atoms with Crippen LogP contribution >= 0.6 is 0 Å². The molecule has 0 spiro atoms. The van der Waals surface area contributed by atoms with E-state index in [1.807, 2.05) is 48.5 Å². The Kier molecular flexibility index (Phi) is 7.44. The third-order valence-corrected chi connectivity index (χ3v) is 6.25. The smallest absolute Gasteiger partial charge is 0.407 e. The highest BCUT2D eigenvalue weighted by Crippen LogP contribution is 2.44. The normalized spacial score (nSPS) is 20.0. The Hall–Kier alpha value is -3.43. The van der Waals surface area contributed by atoms with E-state index in [1.165, 1.54) is 0 Å². The molecule has 1 saturated heterocycles. The summed E-state index contributed by atoms with van der Waals surface area (Å²) < 4.78 is 16.2. The molecule has 2 amide bonds. The third-order valence-electron chi connectivity index (χ3n) is 6.25. The van der Waals surface area contributed by atoms with Crippen molar-refractivity contribution in [1.29, 1.82) is 0 Å². The molecule has 2 aromatic carbocycles. The molecule has 2 aromatic rings. The van der Waals surface area contributed by atoms with Crippen LogP contribution in [0.3, 0.4) is 0 Å². The van der Waals surface area contributed by atoms with Gasteiger partial charge in [0.25, 0.3) is 0 Å². The van der Waals surface area contributed by atoms with Gasteiger partial charge in [0.2, 0.25) is 5.91 Å². The van der Waals surface area contributed by atoms with Crippen molar-refractivity contribution >= 4 is 18.0 Å². The standard InChI is InChI=1S/C25H28N2O7/c1-32-22-10-11-33-14-21(22)26-24(30)20(12-23(28)29)27-25(31)34-13-19-17-8-4-2-6-15(17)16-7-3-5-9-18(16)19/h2-9,19-22H,10-14H2,1H3,(H,26,30)(H,27,31)(H,28,29)/t20?,21-,22-/m1/s1. The monoisotopic (exact) mass is 468 g/mol. The fourth-order valence-electron chi connectivity index (χ4n) is 4.58. The maximum Gasteiger partial charge on any atom is 0.407 e. The van der Waals surface area contributed by atoms with Crippen LogP contribution in [0.2, 0.25) is 0 Å². The van der Waals surface area contributed by atoms with E-state index in [0.29, 0.717) is 13.0 Å². The molecule has 180 valence electrons. The number of nitrogens with one attached hydrogen (secondary N) is 2. The second-order valence-electron chi connectivity index (χ2n) is 8.37. The number of carbonyl (C=O) groups excluding carboxylic acids is 2. The van der Waals surface area contributed by atoms with Gasteiger partial charge in [0, 0.05) is 19.6 Å². The summed E-state index contributed by atoms with van der Waals surface area (Å²) in [5, 5.41) is 14.4. The molecular formula is C25H28N2O7. The predicted octanol–water partition coefficient (Wildman–Crippen LogP) is 2.29. The minimum Gasteiger partial charge on any atom is -0.481 e. The van der Waals surface area contributed by atoms with Crippen molar-refractivity contribution in [2.24, 2.45) is 0 Å². The highest BCUT2D eigenvalue weighted by atomic mass is 16.5. The molecule has 1 aliphatic carbocycles. The molecule has 1 fully saturated rings. The molecular weight excluding hydrogens is 440 g/mol. The van der Waals surface area contributed by atoms with Gasteiger partial charge in [-0.05, 0) is 28.7 Å². The summed E-state index contributed by atoms with van der Waals surface area (Å²) in [7, 11) is 1.54. The zero-order valence-electron chi connectivity index (χ0n) is 18.9. The summed E-state index contributed by atoms with van der Waals surface area (Å²) in [5.74, 6) is -2.00. The van der Waals surface area contributed by atoms with E-state index in [9.17, 15) is 19.5 Å². The summed E-state index contributed by atoms with van der Waals surface area (Å²) >= 11 is 0. The summed E-state index contributed by atoms with van der Waals surface area (Å²) in [6, 6.07) is 14.1. The van der Waals surface area contributed by atoms with Gasteiger partial charge in [-0.2, -0.15) is 0 Å². The van der Waals surface area contributed by atoms with Crippen molar-refractivity contribution in [2.45, 2.75) is 36.9 Å². The number of carboxylic acid groups (broad SMARTS) is 1. The molecule has 34 heavy (non-hydrogen) atoms. The van der Waals surface area contributed by atoms with E-state index >= 15 is 0 Å². The van der Waals surface area contributed by atoms with E-state index in [0.717, 1.165) is 22.3 Å². The van der Waals surface area contributed by atoms with Gasteiger partial charge in [0.15, 0.2) is 0 Å². The van der Waals surface area contributed by atoms with Crippen LogP contribution in [0, 0.1) is 0 Å². The number of amides is 2. The fraction of sp³-hybridized carbons (Fsp3) is 0.400. The minimum atomic E-state index is -1.30. The highest BCUT2D eigenvalue weighted by Gasteiger charge is 2.33. The molecule has 4 rings (SSSR count). The highest BCUT2D eigenvalue weighted by molar-refractivity contribution is 5.89. The maximum atomic E-state index is 12.8. The summed E-state index contributed by atoms with van der Waals surface area (Å²) in [4.78, 5) is 36.7. The number of aliphatic carboxylic acids is 1. The number of methoxy groups -OCH3 is 1. The Morgan fingerprint density at radius 1 is 1.09 bits per heavy atom. The van der Waals surface area contributed by atoms with E-state index in [-0.39, 0.29) is 25.2 Å². The lowest BCUT2D eigenvalue weighted by atomic mass is 9.98. The molecule has 9 heteroatoms. The first-order valence-corrected chi connectivity index (χ1v) is 11.2. The van der Waals surface area contributed by atoms with Crippen molar-refractivity contribution in [1.82, 2.24) is 10.6 Å². The molecule has 0 aromatic heterocycles. The first-order valence-electron chi connectivity index (χ1n) is 11.2.